The first kappa shape index (κ1) is 16.7. The first-order chi connectivity index (χ1) is 11.3. The van der Waals surface area contributed by atoms with Gasteiger partial charge in [0, 0.05) is 23.8 Å². The molecule has 0 amide bonds. The Morgan fingerprint density at radius 2 is 1.43 bits per heavy atom. The number of hydrogen-bond acceptors (Lipinski definition) is 2. The number of rotatable bonds is 4. The molecule has 0 bridgehead atoms. The van der Waals surface area contributed by atoms with E-state index in [2.05, 4.69) is 31.1 Å². The van der Waals surface area contributed by atoms with Crippen LogP contribution in [0.5, 0.6) is 0 Å². The van der Waals surface area contributed by atoms with Gasteiger partial charge in [-0.3, -0.25) is 0 Å². The average Bonchev–Trinajstić information content (AvgIpc) is 2.63. The van der Waals surface area contributed by atoms with E-state index in [0.717, 1.165) is 5.82 Å². The van der Waals surface area contributed by atoms with Gasteiger partial charge in [-0.1, -0.05) is 23.8 Å². The molecule has 2 aliphatic rings. The van der Waals surface area contributed by atoms with E-state index in [9.17, 15) is 0 Å². The Bertz CT molecular complexity index is 521. The van der Waals surface area contributed by atoms with E-state index in [-0.39, 0.29) is 0 Å². The van der Waals surface area contributed by atoms with Crippen LogP contribution in [0.1, 0.15) is 74.6 Å². The lowest BCUT2D eigenvalue weighted by Crippen LogP contribution is -2.15. The molecule has 3 heteroatoms. The van der Waals surface area contributed by atoms with Gasteiger partial charge in [0.15, 0.2) is 0 Å². The zero-order valence-corrected chi connectivity index (χ0v) is 14.6. The van der Waals surface area contributed by atoms with Gasteiger partial charge in [0.25, 0.3) is 0 Å². The fourth-order valence-electron chi connectivity index (χ4n) is 4.13. The second kappa shape index (κ2) is 8.10. The molecule has 1 aromatic heterocycles. The summed E-state index contributed by atoms with van der Waals surface area (Å²) in [7, 11) is 0. The highest BCUT2D eigenvalue weighted by atomic mass is 35.5. The summed E-state index contributed by atoms with van der Waals surface area (Å²) in [6.07, 6.45) is 18.2. The summed E-state index contributed by atoms with van der Waals surface area (Å²) in [6.45, 7) is 3.93. The Kier molecular flexibility index (Phi) is 5.88. The van der Waals surface area contributed by atoms with Crippen LogP contribution in [0.4, 0.5) is 0 Å². The van der Waals surface area contributed by atoms with Crippen molar-refractivity contribution < 1.29 is 0 Å². The Balaban J connectivity index is 1.56. The number of allylic oxidation sites excluding steroid dienone is 2. The molecule has 1 aromatic rings. The van der Waals surface area contributed by atoms with Crippen molar-refractivity contribution >= 4 is 11.6 Å². The third kappa shape index (κ3) is 4.23. The molecule has 23 heavy (non-hydrogen) atoms. The molecule has 2 nitrogen and oxygen atoms in total. The molecule has 0 N–H and O–H groups in total. The molecule has 0 spiro atoms. The molecule has 124 valence electrons. The van der Waals surface area contributed by atoms with E-state index in [1.807, 2.05) is 0 Å². The maximum absolute atomic E-state index is 5.69. The fraction of sp³-hybridized carbons (Fsp3) is 0.600. The lowest BCUT2D eigenvalue weighted by molar-refractivity contribution is 0.363. The van der Waals surface area contributed by atoms with E-state index in [0.29, 0.717) is 23.7 Å². The first-order valence-corrected chi connectivity index (χ1v) is 9.45. The smallest absolute Gasteiger partial charge is 0.131 e. The van der Waals surface area contributed by atoms with Crippen molar-refractivity contribution in [3.63, 3.8) is 0 Å². The molecule has 2 aliphatic carbocycles. The van der Waals surface area contributed by atoms with Crippen molar-refractivity contribution in [1.29, 1.82) is 0 Å². The van der Waals surface area contributed by atoms with Crippen molar-refractivity contribution in [3.05, 3.63) is 48.0 Å². The largest absolute Gasteiger partial charge is 0.241 e. The van der Waals surface area contributed by atoms with E-state index < -0.39 is 0 Å². The minimum absolute atomic E-state index is 0.528. The van der Waals surface area contributed by atoms with Gasteiger partial charge in [-0.05, 0) is 74.7 Å². The zero-order chi connectivity index (χ0) is 16.1. The Morgan fingerprint density at radius 1 is 0.870 bits per heavy atom. The van der Waals surface area contributed by atoms with Crippen molar-refractivity contribution in [3.8, 4) is 0 Å². The van der Waals surface area contributed by atoms with Gasteiger partial charge in [0.1, 0.15) is 5.82 Å². The summed E-state index contributed by atoms with van der Waals surface area (Å²) in [5, 5.41) is 0. The van der Waals surface area contributed by atoms with Crippen LogP contribution >= 0.6 is 11.6 Å². The van der Waals surface area contributed by atoms with Crippen LogP contribution in [0.3, 0.4) is 0 Å². The Morgan fingerprint density at radius 3 is 2.00 bits per heavy atom. The molecule has 2 fully saturated rings. The van der Waals surface area contributed by atoms with Crippen LogP contribution in [0, 0.1) is 11.8 Å². The van der Waals surface area contributed by atoms with Crippen LogP contribution in [-0.4, -0.2) is 9.97 Å². The third-order valence-electron chi connectivity index (χ3n) is 5.75. The lowest BCUT2D eigenvalue weighted by atomic mass is 9.79. The molecule has 2 saturated carbocycles. The summed E-state index contributed by atoms with van der Waals surface area (Å²) in [5.74, 6) is 3.57. The van der Waals surface area contributed by atoms with Crippen LogP contribution in [0.25, 0.3) is 0 Å². The SMILES string of the molecule is C=CC1CCC(c2cnc(C3CCC(/C=C/Cl)CC3)nc2)CC1. The first-order valence-electron chi connectivity index (χ1n) is 9.01. The molecule has 0 saturated heterocycles. The summed E-state index contributed by atoms with van der Waals surface area (Å²) in [4.78, 5) is 9.42. The van der Waals surface area contributed by atoms with Gasteiger partial charge in [-0.15, -0.1) is 6.58 Å². The molecule has 0 atom stereocenters. The summed E-state index contributed by atoms with van der Waals surface area (Å²) in [5.41, 5.74) is 2.99. The number of halogens is 1. The summed E-state index contributed by atoms with van der Waals surface area (Å²) in [6, 6.07) is 0. The molecule has 0 aromatic carbocycles. The second-order valence-electron chi connectivity index (χ2n) is 7.15. The minimum atomic E-state index is 0.528. The van der Waals surface area contributed by atoms with Gasteiger partial charge in [0.2, 0.25) is 0 Å². The number of hydrogen-bond donors (Lipinski definition) is 0. The predicted molar refractivity (Wildman–Crippen MR) is 96.6 cm³/mol. The van der Waals surface area contributed by atoms with Gasteiger partial charge in [-0.25, -0.2) is 9.97 Å². The maximum Gasteiger partial charge on any atom is 0.131 e. The monoisotopic (exact) mass is 330 g/mol. The second-order valence-corrected chi connectivity index (χ2v) is 7.40. The van der Waals surface area contributed by atoms with Gasteiger partial charge < -0.3 is 0 Å². The van der Waals surface area contributed by atoms with Gasteiger partial charge in [-0.2, -0.15) is 0 Å². The Hall–Kier alpha value is -1.15. The molecule has 0 unspecified atom stereocenters. The molecule has 0 radical (unpaired) electrons. The fourth-order valence-corrected chi connectivity index (χ4v) is 4.34. The normalized spacial score (nSPS) is 32.0. The Labute approximate surface area is 145 Å². The highest BCUT2D eigenvalue weighted by Gasteiger charge is 2.24. The summed E-state index contributed by atoms with van der Waals surface area (Å²) < 4.78 is 0. The molecule has 1 heterocycles. The molecule has 3 rings (SSSR count). The highest BCUT2D eigenvalue weighted by molar-refractivity contribution is 6.25. The van der Waals surface area contributed by atoms with E-state index in [1.54, 1.807) is 5.54 Å². The van der Waals surface area contributed by atoms with Gasteiger partial charge >= 0.3 is 0 Å². The zero-order valence-electron chi connectivity index (χ0n) is 13.8. The average molecular weight is 331 g/mol. The third-order valence-corrected chi connectivity index (χ3v) is 5.90. The van der Waals surface area contributed by atoms with Crippen LogP contribution in [-0.2, 0) is 0 Å². The topological polar surface area (TPSA) is 25.8 Å². The highest BCUT2D eigenvalue weighted by Crippen LogP contribution is 2.37. The summed E-state index contributed by atoms with van der Waals surface area (Å²) >= 11 is 5.69. The van der Waals surface area contributed by atoms with Gasteiger partial charge in [0.05, 0.1) is 0 Å². The predicted octanol–water partition coefficient (Wildman–Crippen LogP) is 5.96. The molecular formula is C20H27ClN2. The van der Waals surface area contributed by atoms with Crippen LogP contribution in [0.2, 0.25) is 0 Å². The molecular weight excluding hydrogens is 304 g/mol. The number of aromatic nitrogens is 2. The molecule has 0 aliphatic heterocycles. The van der Waals surface area contributed by atoms with Crippen molar-refractivity contribution in [2.24, 2.45) is 11.8 Å². The van der Waals surface area contributed by atoms with E-state index in [4.69, 9.17) is 21.6 Å². The standard InChI is InChI=1S/C20H27ClN2/c1-2-15-3-7-17(8-4-15)19-13-22-20(23-14-19)18-9-5-16(6-10-18)11-12-21/h2,11-18H,1,3-10H2/b12-11+. The quantitative estimate of drug-likeness (QED) is 0.636. The van der Waals surface area contributed by atoms with Crippen molar-refractivity contribution in [2.75, 3.05) is 0 Å². The van der Waals surface area contributed by atoms with E-state index >= 15 is 0 Å². The van der Waals surface area contributed by atoms with Crippen molar-refractivity contribution in [1.82, 2.24) is 9.97 Å². The van der Waals surface area contributed by atoms with Crippen LogP contribution in [0.15, 0.2) is 36.7 Å². The lowest BCUT2D eigenvalue weighted by Gasteiger charge is -2.27. The minimum Gasteiger partial charge on any atom is -0.241 e. The van der Waals surface area contributed by atoms with Crippen LogP contribution < -0.4 is 0 Å². The van der Waals surface area contributed by atoms with Crippen molar-refractivity contribution in [2.45, 2.75) is 63.2 Å². The number of nitrogens with zero attached hydrogens (tertiary/aromatic N) is 2. The maximum atomic E-state index is 5.69. The van der Waals surface area contributed by atoms with E-state index in [1.165, 1.54) is 56.9 Å².